The highest BCUT2D eigenvalue weighted by Crippen LogP contribution is 2.32. The van der Waals surface area contributed by atoms with E-state index in [4.69, 9.17) is 0 Å². The second-order valence-corrected chi connectivity index (χ2v) is 7.99. The van der Waals surface area contributed by atoms with E-state index in [1.165, 1.54) is 11.3 Å². The largest absolute Gasteiger partial charge is 0.322 e. The highest BCUT2D eigenvalue weighted by molar-refractivity contribution is 7.12. The molecule has 2 heterocycles. The van der Waals surface area contributed by atoms with Gasteiger partial charge in [-0.1, -0.05) is 36.4 Å². The van der Waals surface area contributed by atoms with Crippen LogP contribution in [0.15, 0.2) is 78.2 Å². The molecule has 0 fully saturated rings. The molecule has 5 heteroatoms. The van der Waals surface area contributed by atoms with Gasteiger partial charge in [-0.25, -0.2) is 0 Å². The Morgan fingerprint density at radius 3 is 2.59 bits per heavy atom. The number of benzene rings is 3. The molecule has 29 heavy (non-hydrogen) atoms. The Morgan fingerprint density at radius 1 is 0.897 bits per heavy atom. The van der Waals surface area contributed by atoms with E-state index < -0.39 is 0 Å². The van der Waals surface area contributed by atoms with Gasteiger partial charge in [-0.15, -0.1) is 11.3 Å². The summed E-state index contributed by atoms with van der Waals surface area (Å²) in [6.07, 6.45) is 0.784. The molecule has 142 valence electrons. The second-order valence-electron chi connectivity index (χ2n) is 7.04. The Labute approximate surface area is 172 Å². The summed E-state index contributed by atoms with van der Waals surface area (Å²) in [5.41, 5.74) is 3.37. The van der Waals surface area contributed by atoms with Crippen LogP contribution in [0.5, 0.6) is 0 Å². The van der Waals surface area contributed by atoms with Gasteiger partial charge in [0.1, 0.15) is 0 Å². The van der Waals surface area contributed by atoms with Gasteiger partial charge < -0.3 is 10.2 Å². The molecule has 0 bridgehead atoms. The summed E-state index contributed by atoms with van der Waals surface area (Å²) in [6.45, 7) is 0.661. The van der Waals surface area contributed by atoms with Crippen LogP contribution >= 0.6 is 11.3 Å². The van der Waals surface area contributed by atoms with Gasteiger partial charge in [0.05, 0.1) is 4.88 Å². The van der Waals surface area contributed by atoms with Crippen LogP contribution in [0.2, 0.25) is 0 Å². The minimum Gasteiger partial charge on any atom is -0.322 e. The molecule has 4 nitrogen and oxygen atoms in total. The maximum Gasteiger partial charge on any atom is 0.268 e. The first-order chi connectivity index (χ1) is 14.2. The SMILES string of the molecule is O=C(Nc1ccc2c(c1)CCN2C(=O)c1cccs1)c1ccc2ccccc2c1. The number of fused-ring (bicyclic) bond motifs is 2. The number of hydrogen-bond acceptors (Lipinski definition) is 3. The number of hydrogen-bond donors (Lipinski definition) is 1. The fraction of sp³-hybridized carbons (Fsp3) is 0.0833. The summed E-state index contributed by atoms with van der Waals surface area (Å²) in [7, 11) is 0. The van der Waals surface area contributed by atoms with Crippen molar-refractivity contribution in [3.63, 3.8) is 0 Å². The summed E-state index contributed by atoms with van der Waals surface area (Å²) in [6, 6.07) is 23.2. The molecular formula is C24H18N2O2S. The molecule has 0 unspecified atom stereocenters. The predicted octanol–water partition coefficient (Wildman–Crippen LogP) is 5.36. The Hall–Kier alpha value is -3.44. The Morgan fingerprint density at radius 2 is 1.76 bits per heavy atom. The second kappa shape index (κ2) is 7.18. The lowest BCUT2D eigenvalue weighted by Crippen LogP contribution is -2.28. The van der Waals surface area contributed by atoms with Crippen LogP contribution in [0.3, 0.4) is 0 Å². The molecule has 4 aromatic rings. The van der Waals surface area contributed by atoms with Crippen molar-refractivity contribution >= 4 is 45.3 Å². The van der Waals surface area contributed by atoms with Crippen molar-refractivity contribution in [3.8, 4) is 0 Å². The van der Waals surface area contributed by atoms with Crippen LogP contribution in [-0.2, 0) is 6.42 Å². The topological polar surface area (TPSA) is 49.4 Å². The number of nitrogens with zero attached hydrogens (tertiary/aromatic N) is 1. The van der Waals surface area contributed by atoms with Gasteiger partial charge in [0, 0.05) is 23.5 Å². The number of thiophene rings is 1. The number of anilines is 2. The molecule has 0 atom stereocenters. The number of amides is 2. The van der Waals surface area contributed by atoms with Crippen LogP contribution in [0, 0.1) is 0 Å². The van der Waals surface area contributed by atoms with E-state index in [-0.39, 0.29) is 11.8 Å². The normalized spacial score (nSPS) is 12.8. The van der Waals surface area contributed by atoms with Crippen molar-refractivity contribution in [1.29, 1.82) is 0 Å². The maximum absolute atomic E-state index is 12.7. The first kappa shape index (κ1) is 17.6. The van der Waals surface area contributed by atoms with E-state index in [1.54, 1.807) is 0 Å². The quantitative estimate of drug-likeness (QED) is 0.505. The van der Waals surface area contributed by atoms with Crippen molar-refractivity contribution < 1.29 is 9.59 Å². The first-order valence-corrected chi connectivity index (χ1v) is 10.4. The molecule has 0 saturated carbocycles. The maximum atomic E-state index is 12.7. The van der Waals surface area contributed by atoms with Crippen LogP contribution in [-0.4, -0.2) is 18.4 Å². The van der Waals surface area contributed by atoms with Gasteiger partial charge in [0.2, 0.25) is 0 Å². The van der Waals surface area contributed by atoms with E-state index in [9.17, 15) is 9.59 Å². The van der Waals surface area contributed by atoms with Gasteiger partial charge in [-0.3, -0.25) is 9.59 Å². The highest BCUT2D eigenvalue weighted by atomic mass is 32.1. The van der Waals surface area contributed by atoms with Crippen molar-refractivity contribution in [2.75, 3.05) is 16.8 Å². The first-order valence-electron chi connectivity index (χ1n) is 9.47. The van der Waals surface area contributed by atoms with Crippen molar-refractivity contribution in [2.24, 2.45) is 0 Å². The zero-order chi connectivity index (χ0) is 19.8. The molecule has 0 aliphatic carbocycles. The van der Waals surface area contributed by atoms with E-state index in [0.29, 0.717) is 12.1 Å². The van der Waals surface area contributed by atoms with Gasteiger partial charge in [0.15, 0.2) is 0 Å². The molecule has 2 amide bonds. The van der Waals surface area contributed by atoms with Gasteiger partial charge in [0.25, 0.3) is 11.8 Å². The summed E-state index contributed by atoms with van der Waals surface area (Å²) >= 11 is 1.45. The molecule has 0 spiro atoms. The monoisotopic (exact) mass is 398 g/mol. The number of carbonyl (C=O) groups excluding carboxylic acids is 2. The third kappa shape index (κ3) is 3.30. The lowest BCUT2D eigenvalue weighted by atomic mass is 10.1. The van der Waals surface area contributed by atoms with Crippen molar-refractivity contribution in [2.45, 2.75) is 6.42 Å². The number of nitrogens with one attached hydrogen (secondary N) is 1. The summed E-state index contributed by atoms with van der Waals surface area (Å²) in [4.78, 5) is 28.0. The molecule has 3 aromatic carbocycles. The van der Waals surface area contributed by atoms with Crippen molar-refractivity contribution in [1.82, 2.24) is 0 Å². The summed E-state index contributed by atoms with van der Waals surface area (Å²) in [5.74, 6) is -0.105. The standard InChI is InChI=1S/C24H18N2O2S/c27-23(19-8-7-16-4-1-2-5-17(16)14-19)25-20-9-10-21-18(15-20)11-12-26(21)24(28)22-6-3-13-29-22/h1-10,13-15H,11-12H2,(H,25,27). The summed E-state index contributed by atoms with van der Waals surface area (Å²) < 4.78 is 0. The third-order valence-corrected chi connectivity index (χ3v) is 6.08. The van der Waals surface area contributed by atoms with Crippen molar-refractivity contribution in [3.05, 3.63) is 94.2 Å². The molecule has 1 aromatic heterocycles. The van der Waals surface area contributed by atoms with E-state index >= 15 is 0 Å². The van der Waals surface area contributed by atoms with Gasteiger partial charge in [-0.05, 0) is 64.5 Å². The third-order valence-electron chi connectivity index (χ3n) is 5.22. The fourth-order valence-corrected chi connectivity index (χ4v) is 4.43. The van der Waals surface area contributed by atoms with Gasteiger partial charge in [-0.2, -0.15) is 0 Å². The average Bonchev–Trinajstić information content (AvgIpc) is 3.43. The molecule has 1 N–H and O–H groups in total. The minimum atomic E-state index is -0.139. The predicted molar refractivity (Wildman–Crippen MR) is 118 cm³/mol. The highest BCUT2D eigenvalue weighted by Gasteiger charge is 2.26. The van der Waals surface area contributed by atoms with Crippen LogP contribution in [0.1, 0.15) is 25.6 Å². The average molecular weight is 398 g/mol. The molecule has 1 aliphatic heterocycles. The Kier molecular flexibility index (Phi) is 4.37. The zero-order valence-corrected chi connectivity index (χ0v) is 16.4. The lowest BCUT2D eigenvalue weighted by Gasteiger charge is -2.16. The number of carbonyl (C=O) groups is 2. The van der Waals surface area contributed by atoms with E-state index in [1.807, 2.05) is 83.1 Å². The molecule has 1 aliphatic rings. The lowest BCUT2D eigenvalue weighted by molar-refractivity contribution is 0.0991. The van der Waals surface area contributed by atoms with E-state index in [2.05, 4.69) is 5.32 Å². The Balaban J connectivity index is 1.36. The van der Waals surface area contributed by atoms with Crippen LogP contribution in [0.25, 0.3) is 10.8 Å². The van der Waals surface area contributed by atoms with Crippen LogP contribution < -0.4 is 10.2 Å². The molecule has 0 radical (unpaired) electrons. The van der Waals surface area contributed by atoms with Gasteiger partial charge >= 0.3 is 0 Å². The molecular weight excluding hydrogens is 380 g/mol. The summed E-state index contributed by atoms with van der Waals surface area (Å²) in [5, 5.41) is 7.04. The van der Waals surface area contributed by atoms with E-state index in [0.717, 1.165) is 39.0 Å². The number of rotatable bonds is 3. The zero-order valence-electron chi connectivity index (χ0n) is 15.6. The fourth-order valence-electron chi connectivity index (χ4n) is 3.76. The van der Waals surface area contributed by atoms with Crippen LogP contribution in [0.4, 0.5) is 11.4 Å². The molecule has 0 saturated heterocycles. The Bertz CT molecular complexity index is 1230. The minimum absolute atomic E-state index is 0.0340. The smallest absolute Gasteiger partial charge is 0.268 e. The molecule has 5 rings (SSSR count).